The number of fused-ring (bicyclic) bond motifs is 2. The number of nitrogens with zero attached hydrogens (tertiary/aromatic N) is 3. The highest BCUT2D eigenvalue weighted by Crippen LogP contribution is 2.39. The quantitative estimate of drug-likeness (QED) is 0.266. The molecule has 6 rings (SSSR count). The molecule has 0 bridgehead atoms. The summed E-state index contributed by atoms with van der Waals surface area (Å²) >= 11 is 6.24. The molecule has 0 spiro atoms. The molecule has 6 heteroatoms. The lowest BCUT2D eigenvalue weighted by atomic mass is 9.96. The van der Waals surface area contributed by atoms with Crippen LogP contribution in [0.5, 0.6) is 5.75 Å². The van der Waals surface area contributed by atoms with Gasteiger partial charge in [-0.3, -0.25) is 0 Å². The summed E-state index contributed by atoms with van der Waals surface area (Å²) in [5.41, 5.74) is 7.71. The molecule has 2 heterocycles. The van der Waals surface area contributed by atoms with E-state index in [0.29, 0.717) is 5.02 Å². The summed E-state index contributed by atoms with van der Waals surface area (Å²) in [5, 5.41) is 11.2. The number of hydrogen-bond donors (Lipinski definition) is 1. The molecule has 176 valence electrons. The third-order valence-corrected chi connectivity index (χ3v) is 6.54. The number of aryl methyl sites for hydroxylation is 1. The number of ether oxygens (including phenoxy) is 1. The Labute approximate surface area is 213 Å². The summed E-state index contributed by atoms with van der Waals surface area (Å²) in [5.74, 6) is 0.821. The fourth-order valence-corrected chi connectivity index (χ4v) is 4.70. The van der Waals surface area contributed by atoms with Crippen molar-refractivity contribution in [1.29, 1.82) is 0 Å². The van der Waals surface area contributed by atoms with E-state index in [0.717, 1.165) is 61.6 Å². The molecule has 36 heavy (non-hydrogen) atoms. The molecule has 1 N–H and O–H groups in total. The number of para-hydroxylation sites is 1. The Bertz CT molecular complexity index is 1690. The zero-order chi connectivity index (χ0) is 24.6. The molecule has 0 saturated carbocycles. The van der Waals surface area contributed by atoms with Gasteiger partial charge in [0.2, 0.25) is 0 Å². The van der Waals surface area contributed by atoms with Crippen LogP contribution >= 0.6 is 11.6 Å². The van der Waals surface area contributed by atoms with E-state index < -0.39 is 0 Å². The van der Waals surface area contributed by atoms with Gasteiger partial charge in [0.15, 0.2) is 5.65 Å². The van der Waals surface area contributed by atoms with Crippen LogP contribution in [-0.4, -0.2) is 21.9 Å². The molecule has 2 aromatic heterocycles. The molecule has 6 aromatic rings. The van der Waals surface area contributed by atoms with Gasteiger partial charge in [0, 0.05) is 27.3 Å². The highest BCUT2D eigenvalue weighted by molar-refractivity contribution is 6.30. The largest absolute Gasteiger partial charge is 0.497 e. The second-order valence-corrected chi connectivity index (χ2v) is 9.05. The fraction of sp³-hybridized carbons (Fsp3) is 0.0667. The second kappa shape index (κ2) is 9.02. The molecule has 0 amide bonds. The second-order valence-electron chi connectivity index (χ2n) is 8.61. The van der Waals surface area contributed by atoms with E-state index in [4.69, 9.17) is 26.4 Å². The van der Waals surface area contributed by atoms with E-state index in [2.05, 4.69) is 29.6 Å². The van der Waals surface area contributed by atoms with Crippen molar-refractivity contribution < 1.29 is 4.74 Å². The van der Waals surface area contributed by atoms with E-state index in [9.17, 15) is 0 Å². The Balaban J connectivity index is 1.59. The third kappa shape index (κ3) is 3.93. The van der Waals surface area contributed by atoms with Gasteiger partial charge in [-0.05, 0) is 79.2 Å². The first-order valence-corrected chi connectivity index (χ1v) is 12.0. The molecule has 4 aromatic carbocycles. The number of aromatic nitrogens is 3. The van der Waals surface area contributed by atoms with Crippen molar-refractivity contribution >= 4 is 44.9 Å². The van der Waals surface area contributed by atoms with Gasteiger partial charge in [-0.2, -0.15) is 5.10 Å². The zero-order valence-corrected chi connectivity index (χ0v) is 20.6. The minimum atomic E-state index is 0.701. The number of hydrogen-bond acceptors (Lipinski definition) is 4. The van der Waals surface area contributed by atoms with Crippen molar-refractivity contribution in [3.8, 4) is 22.6 Å². The zero-order valence-electron chi connectivity index (χ0n) is 19.9. The Hall–Kier alpha value is -4.35. The molecule has 5 nitrogen and oxygen atoms in total. The van der Waals surface area contributed by atoms with Gasteiger partial charge in [0.25, 0.3) is 0 Å². The molecular formula is C30H23ClN4O. The number of benzene rings is 4. The highest BCUT2D eigenvalue weighted by Gasteiger charge is 2.19. The van der Waals surface area contributed by atoms with Crippen molar-refractivity contribution in [3.05, 3.63) is 108 Å². The number of methoxy groups -OCH3 is 1. The summed E-state index contributed by atoms with van der Waals surface area (Å²) in [7, 11) is 1.67. The van der Waals surface area contributed by atoms with Crippen LogP contribution in [0.25, 0.3) is 38.8 Å². The number of pyridine rings is 1. The lowest BCUT2D eigenvalue weighted by Crippen LogP contribution is -1.98. The molecule has 0 saturated heterocycles. The van der Waals surface area contributed by atoms with Crippen LogP contribution in [0.3, 0.4) is 0 Å². The predicted molar refractivity (Wildman–Crippen MR) is 148 cm³/mol. The van der Waals surface area contributed by atoms with Crippen LogP contribution < -0.4 is 10.1 Å². The van der Waals surface area contributed by atoms with Gasteiger partial charge in [-0.15, -0.1) is 0 Å². The van der Waals surface area contributed by atoms with Gasteiger partial charge in [0.1, 0.15) is 5.75 Å². The maximum atomic E-state index is 6.24. The lowest BCUT2D eigenvalue weighted by Gasteiger charge is -2.13. The molecule has 0 unspecified atom stereocenters. The predicted octanol–water partition coefficient (Wildman–Crippen LogP) is 7.95. The standard InChI is InChI=1S/C30H23ClN4O/c1-19-28-29(20-8-10-21(31)11-9-20)26-18-23(32-22-12-15-25(36-2)16-13-22)14-17-27(26)33-30(28)35(34-19)24-6-4-3-5-7-24/h3-18,32H,1-2H3. The van der Waals surface area contributed by atoms with E-state index in [1.54, 1.807) is 7.11 Å². The molecule has 0 aliphatic rings. The monoisotopic (exact) mass is 490 g/mol. The number of rotatable bonds is 5. The van der Waals surface area contributed by atoms with E-state index in [1.165, 1.54) is 0 Å². The maximum Gasteiger partial charge on any atom is 0.164 e. The van der Waals surface area contributed by atoms with Gasteiger partial charge in [-0.25, -0.2) is 9.67 Å². The van der Waals surface area contributed by atoms with Crippen LogP contribution in [-0.2, 0) is 0 Å². The summed E-state index contributed by atoms with van der Waals surface area (Å²) < 4.78 is 7.21. The minimum Gasteiger partial charge on any atom is -0.497 e. The van der Waals surface area contributed by atoms with Crippen molar-refractivity contribution in [3.63, 3.8) is 0 Å². The SMILES string of the molecule is COc1ccc(Nc2ccc3nc4c(c(C)nn4-c4ccccc4)c(-c4ccc(Cl)cc4)c3c2)cc1. The van der Waals surface area contributed by atoms with Crippen LogP contribution in [0.2, 0.25) is 5.02 Å². The first kappa shape index (κ1) is 22.1. The summed E-state index contributed by atoms with van der Waals surface area (Å²) in [4.78, 5) is 5.08. The molecule has 0 aliphatic heterocycles. The Morgan fingerprint density at radius 2 is 1.56 bits per heavy atom. The first-order chi connectivity index (χ1) is 17.6. The Kier molecular flexibility index (Phi) is 5.55. The minimum absolute atomic E-state index is 0.701. The Morgan fingerprint density at radius 1 is 0.833 bits per heavy atom. The molecule has 0 radical (unpaired) electrons. The van der Waals surface area contributed by atoms with Gasteiger partial charge in [-0.1, -0.05) is 41.9 Å². The van der Waals surface area contributed by atoms with Gasteiger partial charge >= 0.3 is 0 Å². The van der Waals surface area contributed by atoms with Crippen molar-refractivity contribution in [2.75, 3.05) is 12.4 Å². The van der Waals surface area contributed by atoms with Crippen molar-refractivity contribution in [2.24, 2.45) is 0 Å². The van der Waals surface area contributed by atoms with Crippen molar-refractivity contribution in [2.45, 2.75) is 6.92 Å². The average molecular weight is 491 g/mol. The molecule has 0 fully saturated rings. The average Bonchev–Trinajstić information content (AvgIpc) is 3.25. The summed E-state index contributed by atoms with van der Waals surface area (Å²) in [6.45, 7) is 2.04. The molecular weight excluding hydrogens is 468 g/mol. The molecule has 0 aliphatic carbocycles. The number of halogens is 1. The van der Waals surface area contributed by atoms with Gasteiger partial charge in [0.05, 0.1) is 29.4 Å². The first-order valence-electron chi connectivity index (χ1n) is 11.7. The maximum absolute atomic E-state index is 6.24. The van der Waals surface area contributed by atoms with E-state index in [1.807, 2.05) is 84.4 Å². The van der Waals surface area contributed by atoms with Crippen LogP contribution in [0.4, 0.5) is 11.4 Å². The number of anilines is 2. The van der Waals surface area contributed by atoms with Crippen LogP contribution in [0.1, 0.15) is 5.69 Å². The summed E-state index contributed by atoms with van der Waals surface area (Å²) in [6, 6.07) is 32.2. The number of nitrogens with one attached hydrogen (secondary N) is 1. The van der Waals surface area contributed by atoms with Crippen LogP contribution in [0.15, 0.2) is 97.1 Å². The molecule has 0 atom stereocenters. The normalized spacial score (nSPS) is 11.2. The lowest BCUT2D eigenvalue weighted by molar-refractivity contribution is 0.415. The summed E-state index contributed by atoms with van der Waals surface area (Å²) in [6.07, 6.45) is 0. The third-order valence-electron chi connectivity index (χ3n) is 6.29. The smallest absolute Gasteiger partial charge is 0.164 e. The topological polar surface area (TPSA) is 52.0 Å². The van der Waals surface area contributed by atoms with Gasteiger partial charge < -0.3 is 10.1 Å². The Morgan fingerprint density at radius 3 is 2.28 bits per heavy atom. The highest BCUT2D eigenvalue weighted by atomic mass is 35.5. The van der Waals surface area contributed by atoms with Crippen molar-refractivity contribution in [1.82, 2.24) is 14.8 Å². The van der Waals surface area contributed by atoms with E-state index >= 15 is 0 Å². The van der Waals surface area contributed by atoms with E-state index in [-0.39, 0.29) is 0 Å². The van der Waals surface area contributed by atoms with Crippen LogP contribution in [0, 0.1) is 6.92 Å². The fourth-order valence-electron chi connectivity index (χ4n) is 4.58.